The summed E-state index contributed by atoms with van der Waals surface area (Å²) in [6, 6.07) is 10.6. The van der Waals surface area contributed by atoms with E-state index in [0.29, 0.717) is 31.2 Å². The molecule has 1 aliphatic heterocycles. The van der Waals surface area contributed by atoms with Crippen molar-refractivity contribution in [2.24, 2.45) is 0 Å². The van der Waals surface area contributed by atoms with Crippen LogP contribution in [0.3, 0.4) is 0 Å². The summed E-state index contributed by atoms with van der Waals surface area (Å²) in [7, 11) is -3.42. The molecule has 1 aliphatic rings. The van der Waals surface area contributed by atoms with E-state index < -0.39 is 15.9 Å². The van der Waals surface area contributed by atoms with E-state index in [1.54, 1.807) is 6.07 Å². The highest BCUT2D eigenvalue weighted by atomic mass is 35.5. The zero-order valence-corrected chi connectivity index (χ0v) is 15.7. The molecule has 1 amide bonds. The minimum atomic E-state index is -3.42. The van der Waals surface area contributed by atoms with Gasteiger partial charge in [0.05, 0.1) is 12.0 Å². The largest absolute Gasteiger partial charge is 0.459 e. The van der Waals surface area contributed by atoms with Crippen molar-refractivity contribution >= 4 is 33.2 Å². The molecule has 0 aliphatic carbocycles. The third kappa shape index (κ3) is 4.57. The normalized spacial score (nSPS) is 15.8. The third-order valence-electron chi connectivity index (χ3n) is 4.21. The monoisotopic (exact) mass is 397 g/mol. The number of amides is 1. The predicted molar refractivity (Wildman–Crippen MR) is 100 cm³/mol. The second-order valence-corrected chi connectivity index (χ2v) is 8.44. The highest BCUT2D eigenvalue weighted by Crippen LogP contribution is 2.20. The molecule has 1 saturated heterocycles. The van der Waals surface area contributed by atoms with E-state index in [1.165, 1.54) is 16.6 Å². The summed E-state index contributed by atoms with van der Waals surface area (Å²) in [5.74, 6) is -0.392. The van der Waals surface area contributed by atoms with E-state index >= 15 is 0 Å². The van der Waals surface area contributed by atoms with Gasteiger partial charge in [-0.2, -0.15) is 4.31 Å². The van der Waals surface area contributed by atoms with Gasteiger partial charge in [0.15, 0.2) is 5.76 Å². The summed E-state index contributed by atoms with van der Waals surface area (Å²) in [4.78, 5) is 13.9. The van der Waals surface area contributed by atoms with Crippen LogP contribution in [0.15, 0.2) is 47.1 Å². The van der Waals surface area contributed by atoms with Gasteiger partial charge in [-0.1, -0.05) is 11.6 Å². The molecule has 0 radical (unpaired) electrons. The van der Waals surface area contributed by atoms with E-state index in [0.717, 1.165) is 5.69 Å². The van der Waals surface area contributed by atoms with Crippen LogP contribution in [0.2, 0.25) is 5.02 Å². The second-order valence-electron chi connectivity index (χ2n) is 5.91. The number of sulfonamides is 1. The van der Waals surface area contributed by atoms with Gasteiger partial charge in [0.25, 0.3) is 5.91 Å². The molecule has 7 nitrogen and oxygen atoms in total. The van der Waals surface area contributed by atoms with E-state index in [9.17, 15) is 13.2 Å². The summed E-state index contributed by atoms with van der Waals surface area (Å²) in [6.07, 6.45) is 1.39. The van der Waals surface area contributed by atoms with Crippen molar-refractivity contribution in [3.8, 4) is 0 Å². The van der Waals surface area contributed by atoms with E-state index in [1.807, 2.05) is 24.3 Å². The number of benzene rings is 1. The van der Waals surface area contributed by atoms with Crippen LogP contribution < -0.4 is 10.2 Å². The maximum atomic E-state index is 12.5. The SMILES string of the molecule is O=C(NCCS(=O)(=O)N1CCN(c2ccc(Cl)cc2)CC1)c1ccco1. The van der Waals surface area contributed by atoms with Crippen molar-refractivity contribution in [2.45, 2.75) is 0 Å². The first kappa shape index (κ1) is 18.8. The number of carbonyl (C=O) groups excluding carboxylic acids is 1. The van der Waals surface area contributed by atoms with Crippen LogP contribution in [0.4, 0.5) is 5.69 Å². The Morgan fingerprint density at radius 1 is 1.12 bits per heavy atom. The zero-order valence-electron chi connectivity index (χ0n) is 14.1. The molecule has 140 valence electrons. The first-order chi connectivity index (χ1) is 12.5. The first-order valence-corrected chi connectivity index (χ1v) is 10.2. The lowest BCUT2D eigenvalue weighted by Gasteiger charge is -2.35. The fourth-order valence-electron chi connectivity index (χ4n) is 2.79. The van der Waals surface area contributed by atoms with Crippen LogP contribution in [0.25, 0.3) is 0 Å². The van der Waals surface area contributed by atoms with E-state index in [2.05, 4.69) is 10.2 Å². The molecular weight excluding hydrogens is 378 g/mol. The highest BCUT2D eigenvalue weighted by Gasteiger charge is 2.27. The Bertz CT molecular complexity index is 829. The highest BCUT2D eigenvalue weighted by molar-refractivity contribution is 7.89. The molecule has 0 bridgehead atoms. The second kappa shape index (κ2) is 8.11. The number of piperazine rings is 1. The number of anilines is 1. The van der Waals surface area contributed by atoms with Crippen molar-refractivity contribution in [3.63, 3.8) is 0 Å². The molecule has 9 heteroatoms. The number of hydrogen-bond donors (Lipinski definition) is 1. The number of furan rings is 1. The van der Waals surface area contributed by atoms with Gasteiger partial charge in [0.2, 0.25) is 10.0 Å². The minimum absolute atomic E-state index is 0.0409. The lowest BCUT2D eigenvalue weighted by molar-refractivity contribution is 0.0928. The third-order valence-corrected chi connectivity index (χ3v) is 6.34. The Labute approximate surface area is 157 Å². The number of carbonyl (C=O) groups is 1. The molecular formula is C17H20ClN3O4S. The number of rotatable bonds is 6. The Balaban J connectivity index is 1.48. The van der Waals surface area contributed by atoms with E-state index in [-0.39, 0.29) is 18.1 Å². The lowest BCUT2D eigenvalue weighted by atomic mass is 10.2. The topological polar surface area (TPSA) is 82.9 Å². The number of hydrogen-bond acceptors (Lipinski definition) is 5. The van der Waals surface area contributed by atoms with Crippen molar-refractivity contribution in [1.82, 2.24) is 9.62 Å². The molecule has 0 atom stereocenters. The average molecular weight is 398 g/mol. The molecule has 0 unspecified atom stereocenters. The van der Waals surface area contributed by atoms with Gasteiger partial charge >= 0.3 is 0 Å². The summed E-state index contributed by atoms with van der Waals surface area (Å²) < 4.78 is 31.4. The number of nitrogens with one attached hydrogen (secondary N) is 1. The molecule has 3 rings (SSSR count). The molecule has 1 aromatic carbocycles. The molecule has 26 heavy (non-hydrogen) atoms. The van der Waals surface area contributed by atoms with Gasteiger partial charge in [-0.05, 0) is 36.4 Å². The van der Waals surface area contributed by atoms with Crippen LogP contribution >= 0.6 is 11.6 Å². The van der Waals surface area contributed by atoms with Gasteiger partial charge in [-0.3, -0.25) is 4.79 Å². The summed E-state index contributed by atoms with van der Waals surface area (Å²) in [5.41, 5.74) is 1.03. The predicted octanol–water partition coefficient (Wildman–Crippen LogP) is 1.81. The van der Waals surface area contributed by atoms with Crippen LogP contribution in [0, 0.1) is 0 Å². The fourth-order valence-corrected chi connectivity index (χ4v) is 4.26. The Hall–Kier alpha value is -2.03. The Kier molecular flexibility index (Phi) is 5.85. The van der Waals surface area contributed by atoms with Gasteiger partial charge in [-0.25, -0.2) is 8.42 Å². The summed E-state index contributed by atoms with van der Waals surface area (Å²) in [5, 5.41) is 3.23. The van der Waals surface area contributed by atoms with Gasteiger partial charge < -0.3 is 14.6 Å². The summed E-state index contributed by atoms with van der Waals surface area (Å²) in [6.45, 7) is 2.09. The number of nitrogens with zero attached hydrogens (tertiary/aromatic N) is 2. The van der Waals surface area contributed by atoms with Crippen molar-refractivity contribution < 1.29 is 17.6 Å². The molecule has 1 N–H and O–H groups in total. The van der Waals surface area contributed by atoms with E-state index in [4.69, 9.17) is 16.0 Å². The zero-order chi connectivity index (χ0) is 18.6. The Morgan fingerprint density at radius 2 is 1.81 bits per heavy atom. The lowest BCUT2D eigenvalue weighted by Crippen LogP contribution is -2.50. The maximum absolute atomic E-state index is 12.5. The van der Waals surface area contributed by atoms with Crippen molar-refractivity contribution in [1.29, 1.82) is 0 Å². The average Bonchev–Trinajstić information content (AvgIpc) is 3.17. The smallest absolute Gasteiger partial charge is 0.287 e. The van der Waals surface area contributed by atoms with Gasteiger partial charge in [0, 0.05) is 43.4 Å². The van der Waals surface area contributed by atoms with Gasteiger partial charge in [-0.15, -0.1) is 0 Å². The molecule has 0 saturated carbocycles. The van der Waals surface area contributed by atoms with Crippen LogP contribution in [-0.2, 0) is 10.0 Å². The molecule has 1 fully saturated rings. The first-order valence-electron chi connectivity index (χ1n) is 8.26. The molecule has 0 spiro atoms. The standard InChI is InChI=1S/C17H20ClN3O4S/c18-14-3-5-15(6-4-14)20-8-10-21(11-9-20)26(23,24)13-7-19-17(22)16-2-1-12-25-16/h1-6,12H,7-11,13H2,(H,19,22). The Morgan fingerprint density at radius 3 is 2.42 bits per heavy atom. The van der Waals surface area contributed by atoms with Crippen LogP contribution in [0.5, 0.6) is 0 Å². The molecule has 2 aromatic rings. The van der Waals surface area contributed by atoms with Crippen LogP contribution in [0.1, 0.15) is 10.6 Å². The molecule has 2 heterocycles. The van der Waals surface area contributed by atoms with Gasteiger partial charge in [0.1, 0.15) is 0 Å². The minimum Gasteiger partial charge on any atom is -0.459 e. The fraction of sp³-hybridized carbons (Fsp3) is 0.353. The molecule has 1 aromatic heterocycles. The number of halogens is 1. The maximum Gasteiger partial charge on any atom is 0.287 e. The van der Waals surface area contributed by atoms with Crippen molar-refractivity contribution in [2.75, 3.05) is 43.4 Å². The summed E-state index contributed by atoms with van der Waals surface area (Å²) >= 11 is 5.90. The van der Waals surface area contributed by atoms with Crippen molar-refractivity contribution in [3.05, 3.63) is 53.4 Å². The quantitative estimate of drug-likeness (QED) is 0.803. The van der Waals surface area contributed by atoms with Crippen LogP contribution in [-0.4, -0.2) is 57.1 Å².